The van der Waals surface area contributed by atoms with Gasteiger partial charge in [0.1, 0.15) is 6.61 Å². The number of aromatic nitrogens is 1. The molecule has 2 aromatic rings. The lowest BCUT2D eigenvalue weighted by Gasteiger charge is -2.13. The van der Waals surface area contributed by atoms with Gasteiger partial charge in [-0.25, -0.2) is 5.48 Å². The standard InChI is InChI=1S/C22H28N4O3/c1-2-3-4-7-18-14-19(29-25-18)16-28-26-22(27)20-8-5-6-9-21(20)24-15-17-10-12-23-13-11-17/h5-6,8-13,19,24H,2-4,7,14-16H2,1H3,(H,26,27). The fraction of sp³-hybridized carbons (Fsp3) is 0.409. The number of unbranched alkanes of at least 4 members (excludes halogenated alkanes) is 2. The maximum atomic E-state index is 12.5. The van der Waals surface area contributed by atoms with Gasteiger partial charge in [0.05, 0.1) is 11.3 Å². The van der Waals surface area contributed by atoms with Crippen LogP contribution in [-0.4, -0.2) is 29.3 Å². The van der Waals surface area contributed by atoms with Crippen LogP contribution in [0, 0.1) is 0 Å². The lowest BCUT2D eigenvalue weighted by molar-refractivity contribution is -0.0310. The van der Waals surface area contributed by atoms with Gasteiger partial charge in [-0.05, 0) is 42.7 Å². The summed E-state index contributed by atoms with van der Waals surface area (Å²) < 4.78 is 0. The molecule has 0 radical (unpaired) electrons. The number of nitrogens with zero attached hydrogens (tertiary/aromatic N) is 2. The molecule has 1 aromatic carbocycles. The van der Waals surface area contributed by atoms with E-state index in [0.717, 1.165) is 36.2 Å². The van der Waals surface area contributed by atoms with Gasteiger partial charge in [-0.2, -0.15) is 0 Å². The number of hydrogen-bond acceptors (Lipinski definition) is 6. The molecule has 0 aliphatic carbocycles. The van der Waals surface area contributed by atoms with Crippen molar-refractivity contribution in [1.29, 1.82) is 0 Å². The molecule has 0 saturated carbocycles. The highest BCUT2D eigenvalue weighted by Gasteiger charge is 2.21. The van der Waals surface area contributed by atoms with E-state index in [1.54, 1.807) is 18.5 Å². The first-order valence-corrected chi connectivity index (χ1v) is 10.1. The number of hydrogen-bond donors (Lipinski definition) is 2. The van der Waals surface area contributed by atoms with Gasteiger partial charge in [-0.3, -0.25) is 14.6 Å². The third kappa shape index (κ3) is 6.57. The summed E-state index contributed by atoms with van der Waals surface area (Å²) in [5.41, 5.74) is 5.93. The number of anilines is 1. The second-order valence-corrected chi connectivity index (χ2v) is 7.04. The molecule has 1 aliphatic heterocycles. The van der Waals surface area contributed by atoms with Gasteiger partial charge in [0.2, 0.25) is 0 Å². The third-order valence-electron chi connectivity index (χ3n) is 4.70. The number of amides is 1. The van der Waals surface area contributed by atoms with E-state index in [1.165, 1.54) is 12.8 Å². The minimum absolute atomic E-state index is 0.146. The second-order valence-electron chi connectivity index (χ2n) is 7.04. The number of carbonyl (C=O) groups excluding carboxylic acids is 1. The van der Waals surface area contributed by atoms with E-state index in [2.05, 4.69) is 27.9 Å². The van der Waals surface area contributed by atoms with Crippen LogP contribution in [-0.2, 0) is 16.2 Å². The maximum Gasteiger partial charge on any atom is 0.276 e. The van der Waals surface area contributed by atoms with Crippen molar-refractivity contribution < 1.29 is 14.5 Å². The summed E-state index contributed by atoms with van der Waals surface area (Å²) in [4.78, 5) is 27.3. The first-order chi connectivity index (χ1) is 14.3. The molecule has 1 unspecified atom stereocenters. The SMILES string of the molecule is CCCCCC1=NOC(CONC(=O)c2ccccc2NCc2ccncc2)C1. The van der Waals surface area contributed by atoms with Gasteiger partial charge >= 0.3 is 0 Å². The van der Waals surface area contributed by atoms with Gasteiger partial charge in [0.15, 0.2) is 6.10 Å². The number of carbonyl (C=O) groups is 1. The Bertz CT molecular complexity index is 811. The summed E-state index contributed by atoms with van der Waals surface area (Å²) in [5.74, 6) is -0.301. The summed E-state index contributed by atoms with van der Waals surface area (Å²) in [5, 5.41) is 7.41. The highest BCUT2D eigenvalue weighted by atomic mass is 16.7. The molecule has 0 saturated heterocycles. The Morgan fingerprint density at radius 2 is 2.03 bits per heavy atom. The molecule has 7 heteroatoms. The summed E-state index contributed by atoms with van der Waals surface area (Å²) >= 11 is 0. The Balaban J connectivity index is 1.43. The largest absolute Gasteiger partial charge is 0.390 e. The molecule has 1 atom stereocenters. The van der Waals surface area contributed by atoms with Crippen LogP contribution in [0.1, 0.15) is 54.9 Å². The van der Waals surface area contributed by atoms with Gasteiger partial charge in [-0.15, -0.1) is 0 Å². The number of pyridine rings is 1. The molecule has 0 spiro atoms. The Morgan fingerprint density at radius 3 is 2.86 bits per heavy atom. The lowest BCUT2D eigenvalue weighted by atomic mass is 10.1. The molecule has 154 valence electrons. The zero-order chi connectivity index (χ0) is 20.3. The minimum atomic E-state index is -0.301. The molecule has 7 nitrogen and oxygen atoms in total. The van der Waals surface area contributed by atoms with Crippen LogP contribution >= 0.6 is 0 Å². The minimum Gasteiger partial charge on any atom is -0.390 e. The van der Waals surface area contributed by atoms with E-state index in [9.17, 15) is 4.79 Å². The normalized spacial score (nSPS) is 15.5. The van der Waals surface area contributed by atoms with Crippen LogP contribution in [0.5, 0.6) is 0 Å². The van der Waals surface area contributed by atoms with Crippen LogP contribution in [0.3, 0.4) is 0 Å². The second kappa shape index (κ2) is 11.2. The molecule has 1 amide bonds. The smallest absolute Gasteiger partial charge is 0.276 e. The first kappa shape index (κ1) is 20.8. The zero-order valence-electron chi connectivity index (χ0n) is 16.8. The molecule has 1 aromatic heterocycles. The van der Waals surface area contributed by atoms with Gasteiger partial charge in [0, 0.05) is 31.0 Å². The molecule has 2 N–H and O–H groups in total. The molecule has 0 fully saturated rings. The van der Waals surface area contributed by atoms with Crippen molar-refractivity contribution in [3.63, 3.8) is 0 Å². The van der Waals surface area contributed by atoms with Crippen molar-refractivity contribution in [1.82, 2.24) is 10.5 Å². The van der Waals surface area contributed by atoms with E-state index < -0.39 is 0 Å². The van der Waals surface area contributed by atoms with E-state index in [-0.39, 0.29) is 18.6 Å². The predicted octanol–water partition coefficient (Wildman–Crippen LogP) is 4.08. The van der Waals surface area contributed by atoms with Crippen molar-refractivity contribution >= 4 is 17.3 Å². The number of benzene rings is 1. The van der Waals surface area contributed by atoms with Crippen molar-refractivity contribution in [3.05, 3.63) is 59.9 Å². The van der Waals surface area contributed by atoms with Crippen LogP contribution in [0.2, 0.25) is 0 Å². The highest BCUT2D eigenvalue weighted by Crippen LogP contribution is 2.17. The summed E-state index contributed by atoms with van der Waals surface area (Å²) in [6.07, 6.45) is 8.58. The molecule has 2 heterocycles. The Morgan fingerprint density at radius 1 is 1.21 bits per heavy atom. The predicted molar refractivity (Wildman–Crippen MR) is 112 cm³/mol. The number of hydroxylamine groups is 1. The van der Waals surface area contributed by atoms with E-state index in [0.29, 0.717) is 12.1 Å². The fourth-order valence-electron chi connectivity index (χ4n) is 3.09. The average molecular weight is 396 g/mol. The van der Waals surface area contributed by atoms with Gasteiger partial charge < -0.3 is 10.2 Å². The van der Waals surface area contributed by atoms with Gasteiger partial charge in [0.25, 0.3) is 5.91 Å². The Labute approximate surface area is 171 Å². The van der Waals surface area contributed by atoms with E-state index in [1.807, 2.05) is 30.3 Å². The first-order valence-electron chi connectivity index (χ1n) is 10.1. The number of nitrogens with one attached hydrogen (secondary N) is 2. The molecular formula is C22H28N4O3. The topological polar surface area (TPSA) is 84.8 Å². The van der Waals surface area contributed by atoms with E-state index >= 15 is 0 Å². The van der Waals surface area contributed by atoms with Crippen molar-refractivity contribution in [3.8, 4) is 0 Å². The maximum absolute atomic E-state index is 12.5. The number of oxime groups is 1. The highest BCUT2D eigenvalue weighted by molar-refractivity contribution is 5.99. The Hall–Kier alpha value is -2.93. The van der Waals surface area contributed by atoms with Crippen LogP contribution in [0.4, 0.5) is 5.69 Å². The summed E-state index contributed by atoms with van der Waals surface area (Å²) in [6.45, 7) is 3.04. The summed E-state index contributed by atoms with van der Waals surface area (Å²) in [6, 6.07) is 11.2. The zero-order valence-corrected chi connectivity index (χ0v) is 16.8. The average Bonchev–Trinajstić information content (AvgIpc) is 3.21. The fourth-order valence-corrected chi connectivity index (χ4v) is 3.09. The van der Waals surface area contributed by atoms with Crippen molar-refractivity contribution in [2.45, 2.75) is 51.7 Å². The van der Waals surface area contributed by atoms with Gasteiger partial charge in [-0.1, -0.05) is 37.1 Å². The monoisotopic (exact) mass is 396 g/mol. The van der Waals surface area contributed by atoms with Crippen molar-refractivity contribution in [2.24, 2.45) is 5.16 Å². The molecular weight excluding hydrogens is 368 g/mol. The van der Waals surface area contributed by atoms with Crippen LogP contribution < -0.4 is 10.8 Å². The summed E-state index contributed by atoms with van der Waals surface area (Å²) in [7, 11) is 0. The van der Waals surface area contributed by atoms with Crippen LogP contribution in [0.25, 0.3) is 0 Å². The van der Waals surface area contributed by atoms with E-state index in [4.69, 9.17) is 9.68 Å². The number of para-hydroxylation sites is 1. The molecule has 3 rings (SSSR count). The Kier molecular flexibility index (Phi) is 8.01. The lowest BCUT2D eigenvalue weighted by Crippen LogP contribution is -2.29. The molecule has 1 aliphatic rings. The third-order valence-corrected chi connectivity index (χ3v) is 4.70. The van der Waals surface area contributed by atoms with Crippen LogP contribution in [0.15, 0.2) is 53.9 Å². The molecule has 0 bridgehead atoms. The van der Waals surface area contributed by atoms with Crippen molar-refractivity contribution in [2.75, 3.05) is 11.9 Å². The quantitative estimate of drug-likeness (QED) is 0.442. The molecule has 29 heavy (non-hydrogen) atoms. The number of rotatable bonds is 11.